The lowest BCUT2D eigenvalue weighted by Crippen LogP contribution is -2.13. The summed E-state index contributed by atoms with van der Waals surface area (Å²) >= 11 is 0. The number of nitrogens with two attached hydrogens (primary N) is 1. The number of nitrogens with zero attached hydrogens (tertiary/aromatic N) is 2. The summed E-state index contributed by atoms with van der Waals surface area (Å²) in [7, 11) is 0. The predicted octanol–water partition coefficient (Wildman–Crippen LogP) is 2.50. The van der Waals surface area contributed by atoms with E-state index in [1.165, 1.54) is 0 Å². The van der Waals surface area contributed by atoms with E-state index < -0.39 is 0 Å². The molecule has 0 aliphatic heterocycles. The zero-order valence-corrected chi connectivity index (χ0v) is 11.9. The molecule has 0 spiro atoms. The molecule has 2 rings (SSSR count). The Hall–Kier alpha value is -2.30. The molecular weight excluding hydrogens is 252 g/mol. The fourth-order valence-corrected chi connectivity index (χ4v) is 1.99. The molecule has 0 fully saturated rings. The largest absolute Gasteiger partial charge is 0.398 e. The van der Waals surface area contributed by atoms with Gasteiger partial charge in [0.1, 0.15) is 0 Å². The lowest BCUT2D eigenvalue weighted by molar-refractivity contribution is -0.116. The van der Waals surface area contributed by atoms with Crippen molar-refractivity contribution in [2.75, 3.05) is 11.1 Å². The highest BCUT2D eigenvalue weighted by molar-refractivity contribution is 5.92. The SMILES string of the molecule is Cc1cnn(CCCC(=O)Nc2cccc(N)c2C)c1. The summed E-state index contributed by atoms with van der Waals surface area (Å²) in [6.45, 7) is 4.65. The van der Waals surface area contributed by atoms with Gasteiger partial charge in [0.25, 0.3) is 0 Å². The normalized spacial score (nSPS) is 10.5. The standard InChI is InChI=1S/C15H20N4O/c1-11-9-17-19(10-11)8-4-7-15(20)18-14-6-3-5-13(16)12(14)2/h3,5-6,9-10H,4,7-8,16H2,1-2H3,(H,18,20). The van der Waals surface area contributed by atoms with E-state index in [4.69, 9.17) is 5.73 Å². The molecule has 1 amide bonds. The van der Waals surface area contributed by atoms with Crippen LogP contribution in [0.4, 0.5) is 11.4 Å². The van der Waals surface area contributed by atoms with E-state index in [1.807, 2.05) is 49.1 Å². The molecule has 0 aliphatic carbocycles. The van der Waals surface area contributed by atoms with Crippen LogP contribution in [0.3, 0.4) is 0 Å². The van der Waals surface area contributed by atoms with E-state index in [9.17, 15) is 4.79 Å². The zero-order valence-electron chi connectivity index (χ0n) is 11.9. The van der Waals surface area contributed by atoms with Gasteiger partial charge in [-0.05, 0) is 43.5 Å². The molecule has 0 bridgehead atoms. The van der Waals surface area contributed by atoms with Crippen molar-refractivity contribution < 1.29 is 4.79 Å². The second kappa shape index (κ2) is 6.23. The summed E-state index contributed by atoms with van der Waals surface area (Å²) < 4.78 is 1.86. The van der Waals surface area contributed by atoms with E-state index in [0.717, 1.165) is 29.8 Å². The summed E-state index contributed by atoms with van der Waals surface area (Å²) in [6.07, 6.45) is 5.01. The Morgan fingerprint density at radius 3 is 2.90 bits per heavy atom. The number of amides is 1. The van der Waals surface area contributed by atoms with Crippen molar-refractivity contribution >= 4 is 17.3 Å². The number of carbonyl (C=O) groups is 1. The molecule has 5 heteroatoms. The minimum atomic E-state index is 0.00239. The molecule has 1 aromatic carbocycles. The number of hydrogen-bond acceptors (Lipinski definition) is 3. The van der Waals surface area contributed by atoms with Crippen molar-refractivity contribution in [2.24, 2.45) is 0 Å². The third kappa shape index (κ3) is 3.60. The number of aromatic nitrogens is 2. The number of nitrogen functional groups attached to an aromatic ring is 1. The number of anilines is 2. The van der Waals surface area contributed by atoms with Crippen LogP contribution in [-0.2, 0) is 11.3 Å². The highest BCUT2D eigenvalue weighted by Gasteiger charge is 2.06. The molecule has 1 heterocycles. The summed E-state index contributed by atoms with van der Waals surface area (Å²) in [5.74, 6) is 0.00239. The van der Waals surface area contributed by atoms with Gasteiger partial charge in [-0.3, -0.25) is 9.48 Å². The average Bonchev–Trinajstić information content (AvgIpc) is 2.81. The topological polar surface area (TPSA) is 72.9 Å². The first-order chi connectivity index (χ1) is 9.56. The van der Waals surface area contributed by atoms with E-state index >= 15 is 0 Å². The first kappa shape index (κ1) is 14.1. The van der Waals surface area contributed by atoms with Crippen molar-refractivity contribution in [2.45, 2.75) is 33.2 Å². The zero-order chi connectivity index (χ0) is 14.5. The monoisotopic (exact) mass is 272 g/mol. The van der Waals surface area contributed by atoms with Gasteiger partial charge in [-0.25, -0.2) is 0 Å². The fourth-order valence-electron chi connectivity index (χ4n) is 1.99. The lowest BCUT2D eigenvalue weighted by Gasteiger charge is -2.10. The van der Waals surface area contributed by atoms with Crippen molar-refractivity contribution in [1.29, 1.82) is 0 Å². The van der Waals surface area contributed by atoms with E-state index in [0.29, 0.717) is 12.1 Å². The summed E-state index contributed by atoms with van der Waals surface area (Å²) in [5.41, 5.74) is 9.32. The van der Waals surface area contributed by atoms with E-state index in [-0.39, 0.29) is 5.91 Å². The van der Waals surface area contributed by atoms with Crippen molar-refractivity contribution in [3.05, 3.63) is 41.7 Å². The van der Waals surface area contributed by atoms with Crippen LogP contribution in [0.2, 0.25) is 0 Å². The van der Waals surface area contributed by atoms with Gasteiger partial charge < -0.3 is 11.1 Å². The predicted molar refractivity (Wildman–Crippen MR) is 80.4 cm³/mol. The van der Waals surface area contributed by atoms with E-state index in [2.05, 4.69) is 10.4 Å². The lowest BCUT2D eigenvalue weighted by atomic mass is 10.1. The highest BCUT2D eigenvalue weighted by atomic mass is 16.1. The number of benzene rings is 1. The minimum absolute atomic E-state index is 0.00239. The molecule has 0 atom stereocenters. The van der Waals surface area contributed by atoms with Gasteiger partial charge in [-0.1, -0.05) is 6.07 Å². The molecule has 0 unspecified atom stereocenters. The van der Waals surface area contributed by atoms with Crippen molar-refractivity contribution in [3.8, 4) is 0 Å². The van der Waals surface area contributed by atoms with Crippen LogP contribution < -0.4 is 11.1 Å². The van der Waals surface area contributed by atoms with Crippen molar-refractivity contribution in [3.63, 3.8) is 0 Å². The maximum Gasteiger partial charge on any atom is 0.224 e. The molecule has 2 aromatic rings. The van der Waals surface area contributed by atoms with Crippen LogP contribution in [0, 0.1) is 13.8 Å². The highest BCUT2D eigenvalue weighted by Crippen LogP contribution is 2.20. The van der Waals surface area contributed by atoms with Gasteiger partial charge in [-0.15, -0.1) is 0 Å². The summed E-state index contributed by atoms with van der Waals surface area (Å²) in [4.78, 5) is 11.9. The van der Waals surface area contributed by atoms with Gasteiger partial charge in [0.15, 0.2) is 0 Å². The van der Waals surface area contributed by atoms with Crippen LogP contribution >= 0.6 is 0 Å². The summed E-state index contributed by atoms with van der Waals surface area (Å²) in [5, 5.41) is 7.08. The number of nitrogens with one attached hydrogen (secondary N) is 1. The Labute approximate surface area is 118 Å². The minimum Gasteiger partial charge on any atom is -0.398 e. The maximum absolute atomic E-state index is 11.9. The Kier molecular flexibility index (Phi) is 4.40. The van der Waals surface area contributed by atoms with Crippen LogP contribution in [0.5, 0.6) is 0 Å². The molecule has 0 radical (unpaired) electrons. The summed E-state index contributed by atoms with van der Waals surface area (Å²) in [6, 6.07) is 5.52. The Morgan fingerprint density at radius 2 is 2.20 bits per heavy atom. The number of aryl methyl sites for hydroxylation is 2. The molecule has 3 N–H and O–H groups in total. The molecule has 20 heavy (non-hydrogen) atoms. The van der Waals surface area contributed by atoms with Crippen LogP contribution in [0.15, 0.2) is 30.6 Å². The number of hydrogen-bond donors (Lipinski definition) is 2. The number of carbonyl (C=O) groups excluding carboxylic acids is 1. The van der Waals surface area contributed by atoms with Crippen LogP contribution in [-0.4, -0.2) is 15.7 Å². The molecule has 5 nitrogen and oxygen atoms in total. The second-order valence-electron chi connectivity index (χ2n) is 4.95. The first-order valence-corrected chi connectivity index (χ1v) is 6.70. The van der Waals surface area contributed by atoms with Crippen LogP contribution in [0.25, 0.3) is 0 Å². The van der Waals surface area contributed by atoms with Crippen molar-refractivity contribution in [1.82, 2.24) is 9.78 Å². The van der Waals surface area contributed by atoms with Gasteiger partial charge in [-0.2, -0.15) is 5.10 Å². The molecule has 0 saturated carbocycles. The third-order valence-electron chi connectivity index (χ3n) is 3.20. The molecular formula is C15H20N4O. The van der Waals surface area contributed by atoms with Gasteiger partial charge in [0, 0.05) is 30.5 Å². The van der Waals surface area contributed by atoms with Gasteiger partial charge >= 0.3 is 0 Å². The molecule has 106 valence electrons. The third-order valence-corrected chi connectivity index (χ3v) is 3.20. The second-order valence-corrected chi connectivity index (χ2v) is 4.95. The maximum atomic E-state index is 11.9. The Bertz CT molecular complexity index is 604. The first-order valence-electron chi connectivity index (χ1n) is 6.70. The van der Waals surface area contributed by atoms with Gasteiger partial charge in [0.05, 0.1) is 6.20 Å². The fraction of sp³-hybridized carbons (Fsp3) is 0.333. The molecule has 0 aliphatic rings. The molecule has 1 aromatic heterocycles. The van der Waals surface area contributed by atoms with Crippen LogP contribution in [0.1, 0.15) is 24.0 Å². The molecule has 0 saturated heterocycles. The van der Waals surface area contributed by atoms with E-state index in [1.54, 1.807) is 0 Å². The van der Waals surface area contributed by atoms with Gasteiger partial charge in [0.2, 0.25) is 5.91 Å². The average molecular weight is 272 g/mol. The Morgan fingerprint density at radius 1 is 1.40 bits per heavy atom. The number of rotatable bonds is 5. The smallest absolute Gasteiger partial charge is 0.224 e. The Balaban J connectivity index is 1.82. The quantitative estimate of drug-likeness (QED) is 0.821.